The number of hydrogen-bond donors (Lipinski definition) is 6. The number of carbonyl (C=O) groups is 4. The zero-order valence-corrected chi connectivity index (χ0v) is 33.5. The number of nitriles is 1. The van der Waals surface area contributed by atoms with Crippen LogP contribution in [-0.4, -0.2) is 104 Å². The molecule has 2 aliphatic rings. The lowest BCUT2D eigenvalue weighted by Crippen LogP contribution is -2.58. The largest absolute Gasteiger partial charge is 0.391 e. The van der Waals surface area contributed by atoms with Crippen molar-refractivity contribution in [3.05, 3.63) is 35.9 Å². The molecule has 3 rings (SSSR count). The van der Waals surface area contributed by atoms with Crippen LogP contribution in [0.2, 0.25) is 0 Å². The molecular weight excluding hydrogens is 702 g/mol. The van der Waals surface area contributed by atoms with Gasteiger partial charge in [0.2, 0.25) is 17.7 Å². The number of unbranched alkanes of at least 4 members (excludes halogenated alkanes) is 1. The maximum absolute atomic E-state index is 14.4. The average Bonchev–Trinajstić information content (AvgIpc) is 3.19. The molecule has 1 aromatic carbocycles. The molecule has 1 saturated carbocycles. The minimum Gasteiger partial charge on any atom is -0.391 e. The van der Waals surface area contributed by atoms with Crippen LogP contribution in [0.4, 0.5) is 4.79 Å². The second kappa shape index (κ2) is 25.4. The summed E-state index contributed by atoms with van der Waals surface area (Å²) in [6.45, 7) is 7.54. The molecule has 5 amide bonds. The number of rotatable bonds is 23. The monoisotopic (exact) mass is 770 g/mol. The number of amides is 5. The van der Waals surface area contributed by atoms with Crippen LogP contribution in [0.15, 0.2) is 30.3 Å². The Kier molecular flexibility index (Phi) is 21.1. The molecule has 55 heavy (non-hydrogen) atoms. The Morgan fingerprint density at radius 3 is 2.29 bits per heavy atom. The lowest BCUT2D eigenvalue weighted by Gasteiger charge is -2.36. The van der Waals surface area contributed by atoms with Crippen LogP contribution in [0.1, 0.15) is 103 Å². The van der Waals surface area contributed by atoms with E-state index < -0.39 is 36.2 Å². The number of benzene rings is 1. The van der Waals surface area contributed by atoms with E-state index in [1.807, 2.05) is 54.4 Å². The first kappa shape index (κ1) is 45.6. The summed E-state index contributed by atoms with van der Waals surface area (Å²) in [6.07, 6.45) is 10.8. The Bertz CT molecular complexity index is 1330. The molecule has 1 aliphatic heterocycles. The molecule has 1 aromatic rings. The van der Waals surface area contributed by atoms with Crippen LogP contribution in [0, 0.1) is 29.2 Å². The zero-order valence-electron chi connectivity index (χ0n) is 33.5. The van der Waals surface area contributed by atoms with E-state index in [1.165, 1.54) is 6.42 Å². The Morgan fingerprint density at radius 2 is 1.65 bits per heavy atom. The fourth-order valence-electron chi connectivity index (χ4n) is 7.71. The topological polar surface area (TPSA) is 194 Å². The number of methoxy groups -OCH3 is 1. The maximum atomic E-state index is 14.4. The summed E-state index contributed by atoms with van der Waals surface area (Å²) in [6, 6.07) is 7.29. The molecule has 0 radical (unpaired) electrons. The first-order chi connectivity index (χ1) is 26.6. The van der Waals surface area contributed by atoms with Gasteiger partial charge in [0, 0.05) is 39.2 Å². The minimum atomic E-state index is -0.987. The third-order valence-corrected chi connectivity index (χ3v) is 10.9. The molecule has 1 unspecified atom stereocenters. The second-order valence-corrected chi connectivity index (χ2v) is 15.5. The number of nitrogens with one attached hydrogen (secondary N) is 5. The van der Waals surface area contributed by atoms with Gasteiger partial charge in [-0.3, -0.25) is 19.7 Å². The molecule has 14 nitrogen and oxygen atoms in total. The van der Waals surface area contributed by atoms with E-state index in [1.54, 1.807) is 13.3 Å². The molecule has 0 bridgehead atoms. The maximum Gasteiger partial charge on any atom is 0.328 e. The number of likely N-dealkylation sites (tertiary alicyclic amines) is 1. The quantitative estimate of drug-likeness (QED) is 0.0417. The first-order valence-electron chi connectivity index (χ1n) is 20.4. The molecule has 6 N–H and O–H groups in total. The van der Waals surface area contributed by atoms with Gasteiger partial charge in [-0.05, 0) is 55.9 Å². The third kappa shape index (κ3) is 16.5. The fourth-order valence-corrected chi connectivity index (χ4v) is 7.71. The third-order valence-electron chi connectivity index (χ3n) is 10.9. The van der Waals surface area contributed by atoms with E-state index in [9.17, 15) is 24.3 Å². The van der Waals surface area contributed by atoms with Crippen LogP contribution < -0.4 is 26.6 Å². The number of aliphatic hydroxyl groups is 1. The van der Waals surface area contributed by atoms with E-state index in [-0.39, 0.29) is 56.0 Å². The Balaban J connectivity index is 1.78. The van der Waals surface area contributed by atoms with E-state index >= 15 is 0 Å². The number of aliphatic hydroxyl groups excluding tert-OH is 1. The van der Waals surface area contributed by atoms with Crippen LogP contribution in [-0.2, 0) is 30.3 Å². The Hall–Kier alpha value is -3.77. The summed E-state index contributed by atoms with van der Waals surface area (Å²) >= 11 is 0. The molecule has 1 heterocycles. The SMILES string of the molecule is CCCC[C@H](NC(Cc1ccccc1)C(=O)N1CCC(OCOC)CC1)C(=O)N[C@@H](CC1CCCCC1)[C@@H](O)C[C@H](C(=O)NCCNC(=O)NC#N)C(C)C. The highest BCUT2D eigenvalue weighted by Gasteiger charge is 2.35. The zero-order chi connectivity index (χ0) is 40.0. The second-order valence-electron chi connectivity index (χ2n) is 15.5. The van der Waals surface area contributed by atoms with Crippen LogP contribution in [0.25, 0.3) is 0 Å². The average molecular weight is 770 g/mol. The standard InChI is InChI=1S/C41H67N7O7/c1-5-6-17-34(46-36(25-31-15-11-8-12-16-31)40(52)48-22-18-32(19-23-48)55-28-54-4)39(51)47-35(24-30-13-9-7-10-14-30)37(49)26-33(29(2)3)38(50)43-20-21-44-41(53)45-27-42/h8,11-12,15-16,29-30,32-37,46,49H,5-7,9-10,13-14,17-26,28H2,1-4H3,(H,43,50)(H,47,51)(H2,44,45,53)/t33-,34-,35-,36?,37-/m0/s1. The summed E-state index contributed by atoms with van der Waals surface area (Å²) in [7, 11) is 1.59. The van der Waals surface area contributed by atoms with Crippen molar-refractivity contribution in [2.45, 2.75) is 135 Å². The summed E-state index contributed by atoms with van der Waals surface area (Å²) < 4.78 is 10.8. The van der Waals surface area contributed by atoms with Crippen molar-refractivity contribution in [1.82, 2.24) is 31.5 Å². The van der Waals surface area contributed by atoms with Gasteiger partial charge < -0.3 is 35.4 Å². The van der Waals surface area contributed by atoms with Crippen molar-refractivity contribution >= 4 is 23.8 Å². The van der Waals surface area contributed by atoms with Gasteiger partial charge in [-0.2, -0.15) is 5.26 Å². The van der Waals surface area contributed by atoms with Crippen molar-refractivity contribution in [2.24, 2.45) is 17.8 Å². The first-order valence-corrected chi connectivity index (χ1v) is 20.4. The normalized spacial score (nSPS) is 18.0. The van der Waals surface area contributed by atoms with Gasteiger partial charge in [0.05, 0.1) is 30.3 Å². The van der Waals surface area contributed by atoms with E-state index in [2.05, 4.69) is 28.2 Å². The van der Waals surface area contributed by atoms with Crippen LogP contribution >= 0.6 is 0 Å². The van der Waals surface area contributed by atoms with Crippen molar-refractivity contribution in [3.63, 3.8) is 0 Å². The minimum absolute atomic E-state index is 0.0295. The Labute approximate surface area is 328 Å². The highest BCUT2D eigenvalue weighted by Crippen LogP contribution is 2.30. The number of urea groups is 1. The highest BCUT2D eigenvalue weighted by atomic mass is 16.7. The molecule has 1 aliphatic carbocycles. The fraction of sp³-hybridized carbons (Fsp3) is 0.732. The van der Waals surface area contributed by atoms with Crippen molar-refractivity contribution in [3.8, 4) is 6.19 Å². The smallest absolute Gasteiger partial charge is 0.328 e. The summed E-state index contributed by atoms with van der Waals surface area (Å²) in [4.78, 5) is 55.3. The predicted molar refractivity (Wildman–Crippen MR) is 210 cm³/mol. The van der Waals surface area contributed by atoms with Gasteiger partial charge in [0.15, 0.2) is 6.19 Å². The Morgan fingerprint density at radius 1 is 0.964 bits per heavy atom. The molecule has 5 atom stereocenters. The number of ether oxygens (including phenoxy) is 2. The highest BCUT2D eigenvalue weighted by molar-refractivity contribution is 5.86. The molecule has 308 valence electrons. The van der Waals surface area contributed by atoms with Crippen molar-refractivity contribution < 1.29 is 33.8 Å². The summed E-state index contributed by atoms with van der Waals surface area (Å²) in [5, 5.41) is 34.5. The van der Waals surface area contributed by atoms with Crippen LogP contribution in [0.5, 0.6) is 0 Å². The summed E-state index contributed by atoms with van der Waals surface area (Å²) in [5.41, 5.74) is 0.992. The molecule has 2 fully saturated rings. The number of hydrogen-bond acceptors (Lipinski definition) is 9. The van der Waals surface area contributed by atoms with Crippen molar-refractivity contribution in [2.75, 3.05) is 40.1 Å². The van der Waals surface area contributed by atoms with E-state index in [0.29, 0.717) is 51.1 Å². The number of piperidine rings is 1. The molecular formula is C41H67N7O7. The van der Waals surface area contributed by atoms with Gasteiger partial charge in [-0.25, -0.2) is 10.1 Å². The molecule has 1 saturated heterocycles. The van der Waals surface area contributed by atoms with E-state index in [0.717, 1.165) is 44.1 Å². The molecule has 14 heteroatoms. The van der Waals surface area contributed by atoms with Crippen molar-refractivity contribution in [1.29, 1.82) is 5.26 Å². The molecule has 0 spiro atoms. The number of nitrogens with zero attached hydrogens (tertiary/aromatic N) is 2. The van der Waals surface area contributed by atoms with Crippen LogP contribution in [0.3, 0.4) is 0 Å². The van der Waals surface area contributed by atoms with E-state index in [4.69, 9.17) is 14.7 Å². The van der Waals surface area contributed by atoms with Gasteiger partial charge in [-0.15, -0.1) is 0 Å². The van der Waals surface area contributed by atoms with Gasteiger partial charge >= 0.3 is 6.03 Å². The predicted octanol–water partition coefficient (Wildman–Crippen LogP) is 3.73. The van der Waals surface area contributed by atoms with Gasteiger partial charge in [0.25, 0.3) is 0 Å². The number of carbonyl (C=O) groups excluding carboxylic acids is 4. The summed E-state index contributed by atoms with van der Waals surface area (Å²) in [5.74, 6) is -0.850. The lowest BCUT2D eigenvalue weighted by atomic mass is 9.81. The van der Waals surface area contributed by atoms with Gasteiger partial charge in [0.1, 0.15) is 6.79 Å². The van der Waals surface area contributed by atoms with Gasteiger partial charge in [-0.1, -0.05) is 96.0 Å². The molecule has 0 aromatic heterocycles. The lowest BCUT2D eigenvalue weighted by molar-refractivity contribution is -0.139.